The number of aliphatic hydroxyl groups is 1. The minimum atomic E-state index is 0.0806. The van der Waals surface area contributed by atoms with Gasteiger partial charge in [0.05, 0.1) is 18.8 Å². The van der Waals surface area contributed by atoms with Gasteiger partial charge in [0.2, 0.25) is 5.88 Å². The molecule has 2 N–H and O–H groups in total. The highest BCUT2D eigenvalue weighted by molar-refractivity contribution is 5.41. The predicted octanol–water partition coefficient (Wildman–Crippen LogP) is 1.19. The predicted molar refractivity (Wildman–Crippen MR) is 73.9 cm³/mol. The molecule has 4 nitrogen and oxygen atoms in total. The van der Waals surface area contributed by atoms with Gasteiger partial charge in [-0.25, -0.2) is 4.98 Å². The number of nitrogens with one attached hydrogen (secondary N) is 1. The summed E-state index contributed by atoms with van der Waals surface area (Å²) in [5, 5.41) is 12.1. The van der Waals surface area contributed by atoms with Crippen molar-refractivity contribution in [2.75, 3.05) is 26.3 Å². The van der Waals surface area contributed by atoms with Gasteiger partial charge >= 0.3 is 0 Å². The van der Waals surface area contributed by atoms with E-state index in [-0.39, 0.29) is 6.61 Å². The highest BCUT2D eigenvalue weighted by atomic mass is 16.5. The Morgan fingerprint density at radius 3 is 3.26 bits per heavy atom. The molecule has 1 saturated heterocycles. The van der Waals surface area contributed by atoms with Crippen molar-refractivity contribution in [3.63, 3.8) is 0 Å². The summed E-state index contributed by atoms with van der Waals surface area (Å²) in [6, 6.07) is 3.74. The lowest BCUT2D eigenvalue weighted by atomic mass is 10.0. The van der Waals surface area contributed by atoms with E-state index in [1.54, 1.807) is 6.20 Å². The summed E-state index contributed by atoms with van der Waals surface area (Å²) in [6.07, 6.45) is 4.59. The molecule has 0 radical (unpaired) electrons. The zero-order chi connectivity index (χ0) is 13.3. The van der Waals surface area contributed by atoms with Crippen LogP contribution >= 0.6 is 0 Å². The average Bonchev–Trinajstić information content (AvgIpc) is 2.48. The summed E-state index contributed by atoms with van der Waals surface area (Å²) in [4.78, 5) is 4.23. The van der Waals surface area contributed by atoms with E-state index in [4.69, 9.17) is 9.84 Å². The van der Waals surface area contributed by atoms with E-state index in [1.807, 2.05) is 12.1 Å². The van der Waals surface area contributed by atoms with Crippen LogP contribution in [-0.2, 0) is 0 Å². The maximum absolute atomic E-state index is 8.73. The molecule has 1 aliphatic heterocycles. The van der Waals surface area contributed by atoms with Gasteiger partial charge in [-0.1, -0.05) is 11.8 Å². The van der Waals surface area contributed by atoms with Crippen LogP contribution in [0.15, 0.2) is 18.3 Å². The van der Waals surface area contributed by atoms with Gasteiger partial charge in [-0.05, 0) is 31.5 Å². The van der Waals surface area contributed by atoms with Crippen LogP contribution in [0.5, 0.6) is 5.88 Å². The molecule has 0 amide bonds. The van der Waals surface area contributed by atoms with Crippen LogP contribution in [0.25, 0.3) is 0 Å². The Hall–Kier alpha value is -1.57. The van der Waals surface area contributed by atoms with E-state index in [0.717, 1.165) is 18.7 Å². The Kier molecular flexibility index (Phi) is 5.67. The van der Waals surface area contributed by atoms with E-state index in [0.29, 0.717) is 24.8 Å². The van der Waals surface area contributed by atoms with Gasteiger partial charge in [-0.3, -0.25) is 0 Å². The highest BCUT2D eigenvalue weighted by Crippen LogP contribution is 2.16. The molecule has 2 rings (SSSR count). The molecule has 0 aromatic carbocycles. The molecule has 2 heterocycles. The van der Waals surface area contributed by atoms with Crippen molar-refractivity contribution in [3.05, 3.63) is 23.9 Å². The van der Waals surface area contributed by atoms with E-state index >= 15 is 0 Å². The lowest BCUT2D eigenvalue weighted by molar-refractivity contribution is 0.211. The molecule has 1 fully saturated rings. The Morgan fingerprint density at radius 2 is 2.47 bits per heavy atom. The molecular weight excluding hydrogens is 240 g/mol. The summed E-state index contributed by atoms with van der Waals surface area (Å²) < 4.78 is 5.79. The first-order valence-corrected chi connectivity index (χ1v) is 6.78. The Balaban J connectivity index is 1.93. The van der Waals surface area contributed by atoms with Crippen molar-refractivity contribution in [1.82, 2.24) is 10.3 Å². The van der Waals surface area contributed by atoms with Crippen LogP contribution in [0.1, 0.15) is 24.8 Å². The largest absolute Gasteiger partial charge is 0.476 e. The zero-order valence-electron chi connectivity index (χ0n) is 11.1. The Labute approximate surface area is 114 Å². The molecule has 19 heavy (non-hydrogen) atoms. The molecule has 0 spiro atoms. The quantitative estimate of drug-likeness (QED) is 0.799. The van der Waals surface area contributed by atoms with Crippen molar-refractivity contribution >= 4 is 0 Å². The van der Waals surface area contributed by atoms with E-state index in [2.05, 4.69) is 22.1 Å². The van der Waals surface area contributed by atoms with Crippen LogP contribution in [0.2, 0.25) is 0 Å². The number of hydrogen-bond acceptors (Lipinski definition) is 4. The van der Waals surface area contributed by atoms with Crippen LogP contribution in [0.3, 0.4) is 0 Å². The van der Waals surface area contributed by atoms with Crippen molar-refractivity contribution in [3.8, 4) is 17.7 Å². The molecule has 1 atom stereocenters. The number of hydrogen-bond donors (Lipinski definition) is 2. The zero-order valence-corrected chi connectivity index (χ0v) is 11.1. The smallest absolute Gasteiger partial charge is 0.229 e. The lowest BCUT2D eigenvalue weighted by Crippen LogP contribution is -2.33. The molecule has 1 aromatic rings. The van der Waals surface area contributed by atoms with Crippen LogP contribution in [0.4, 0.5) is 0 Å². The standard InChI is InChI=1S/C15H20N2O2/c18-10-2-1-6-14-7-4-9-17-15(14)19-12-13-5-3-8-16-11-13/h4,7,9,13,16,18H,2-3,5,8,10-12H2. The highest BCUT2D eigenvalue weighted by Gasteiger charge is 2.14. The van der Waals surface area contributed by atoms with Gasteiger partial charge in [0, 0.05) is 25.1 Å². The SMILES string of the molecule is OCCC#Cc1cccnc1OCC1CCCNC1. The second kappa shape index (κ2) is 7.78. The summed E-state index contributed by atoms with van der Waals surface area (Å²) in [6.45, 7) is 2.88. The normalized spacial score (nSPS) is 18.5. The van der Waals surface area contributed by atoms with Crippen LogP contribution in [-0.4, -0.2) is 36.4 Å². The minimum absolute atomic E-state index is 0.0806. The van der Waals surface area contributed by atoms with Gasteiger partial charge in [-0.15, -0.1) is 0 Å². The lowest BCUT2D eigenvalue weighted by Gasteiger charge is -2.22. The van der Waals surface area contributed by atoms with E-state index in [1.165, 1.54) is 12.8 Å². The minimum Gasteiger partial charge on any atom is -0.476 e. The fraction of sp³-hybridized carbons (Fsp3) is 0.533. The van der Waals surface area contributed by atoms with Crippen LogP contribution in [0, 0.1) is 17.8 Å². The van der Waals surface area contributed by atoms with Crippen LogP contribution < -0.4 is 10.1 Å². The maximum Gasteiger partial charge on any atom is 0.229 e. The molecule has 0 bridgehead atoms. The summed E-state index contributed by atoms with van der Waals surface area (Å²) >= 11 is 0. The molecule has 1 aliphatic rings. The van der Waals surface area contributed by atoms with Gasteiger partial charge in [0.1, 0.15) is 0 Å². The second-order valence-corrected chi connectivity index (χ2v) is 4.65. The first-order chi connectivity index (χ1) is 9.40. The number of aliphatic hydroxyl groups excluding tert-OH is 1. The maximum atomic E-state index is 8.73. The number of aromatic nitrogens is 1. The monoisotopic (exact) mass is 260 g/mol. The number of rotatable bonds is 4. The summed E-state index contributed by atoms with van der Waals surface area (Å²) in [5.41, 5.74) is 0.791. The fourth-order valence-electron chi connectivity index (χ4n) is 2.08. The Bertz CT molecular complexity index is 445. The first kappa shape index (κ1) is 13.9. The van der Waals surface area contributed by atoms with Gasteiger partial charge < -0.3 is 15.2 Å². The molecule has 0 aliphatic carbocycles. The average molecular weight is 260 g/mol. The summed E-state index contributed by atoms with van der Waals surface area (Å²) in [7, 11) is 0. The summed E-state index contributed by atoms with van der Waals surface area (Å²) in [5.74, 6) is 7.03. The van der Waals surface area contributed by atoms with Gasteiger partial charge in [0.15, 0.2) is 0 Å². The third kappa shape index (κ3) is 4.55. The van der Waals surface area contributed by atoms with Gasteiger partial charge in [0.25, 0.3) is 0 Å². The Morgan fingerprint density at radius 1 is 1.53 bits per heavy atom. The third-order valence-electron chi connectivity index (χ3n) is 3.09. The number of piperidine rings is 1. The van der Waals surface area contributed by atoms with Crippen molar-refractivity contribution in [2.45, 2.75) is 19.3 Å². The van der Waals surface area contributed by atoms with E-state index < -0.39 is 0 Å². The molecule has 1 aromatic heterocycles. The topological polar surface area (TPSA) is 54.4 Å². The molecule has 4 heteroatoms. The third-order valence-corrected chi connectivity index (χ3v) is 3.09. The second-order valence-electron chi connectivity index (χ2n) is 4.65. The van der Waals surface area contributed by atoms with E-state index in [9.17, 15) is 0 Å². The number of pyridine rings is 1. The number of nitrogens with zero attached hydrogens (tertiary/aromatic N) is 1. The van der Waals surface area contributed by atoms with Crippen molar-refractivity contribution < 1.29 is 9.84 Å². The van der Waals surface area contributed by atoms with Crippen molar-refractivity contribution in [1.29, 1.82) is 0 Å². The fourth-order valence-corrected chi connectivity index (χ4v) is 2.08. The molecular formula is C15H20N2O2. The first-order valence-electron chi connectivity index (χ1n) is 6.78. The van der Waals surface area contributed by atoms with Crippen molar-refractivity contribution in [2.24, 2.45) is 5.92 Å². The molecule has 0 saturated carbocycles. The molecule has 102 valence electrons. The van der Waals surface area contributed by atoms with Gasteiger partial charge in [-0.2, -0.15) is 0 Å². The number of ether oxygens (including phenoxy) is 1. The molecule has 1 unspecified atom stereocenters.